The van der Waals surface area contributed by atoms with E-state index in [2.05, 4.69) is 5.32 Å². The lowest BCUT2D eigenvalue weighted by Crippen LogP contribution is -2.42. The first kappa shape index (κ1) is 23.0. The number of benzene rings is 1. The summed E-state index contributed by atoms with van der Waals surface area (Å²) in [6.45, 7) is 5.99. The normalized spacial score (nSPS) is 20.1. The van der Waals surface area contributed by atoms with Gasteiger partial charge in [-0.05, 0) is 49.4 Å². The summed E-state index contributed by atoms with van der Waals surface area (Å²) >= 11 is 0. The zero-order chi connectivity index (χ0) is 21.6. The molecule has 1 amide bonds. The molecule has 9 heteroatoms. The van der Waals surface area contributed by atoms with Crippen LogP contribution in [0.3, 0.4) is 0 Å². The van der Waals surface area contributed by atoms with Crippen LogP contribution in [0.5, 0.6) is 0 Å². The number of ketones is 1. The number of esters is 1. The third kappa shape index (κ3) is 6.93. The minimum atomic E-state index is -3.58. The number of carbonyl (C=O) groups is 3. The molecule has 1 aromatic carbocycles. The van der Waals surface area contributed by atoms with E-state index in [9.17, 15) is 22.8 Å². The lowest BCUT2D eigenvalue weighted by atomic mass is 9.94. The molecule has 1 saturated heterocycles. The van der Waals surface area contributed by atoms with E-state index in [1.165, 1.54) is 35.5 Å². The maximum absolute atomic E-state index is 12.9. The van der Waals surface area contributed by atoms with Crippen LogP contribution >= 0.6 is 0 Å². The molecule has 0 aromatic heterocycles. The third-order valence-corrected chi connectivity index (χ3v) is 6.50. The predicted molar refractivity (Wildman–Crippen MR) is 108 cm³/mol. The predicted octanol–water partition coefficient (Wildman–Crippen LogP) is 2.20. The summed E-state index contributed by atoms with van der Waals surface area (Å²) in [6.07, 6.45) is 1.02. The van der Waals surface area contributed by atoms with Crippen molar-refractivity contribution in [3.8, 4) is 0 Å². The Morgan fingerprint density at radius 3 is 2.21 bits per heavy atom. The topological polar surface area (TPSA) is 110 Å². The van der Waals surface area contributed by atoms with Gasteiger partial charge < -0.3 is 14.8 Å². The summed E-state index contributed by atoms with van der Waals surface area (Å²) in [5, 5.41) is 2.54. The minimum Gasteiger partial charge on any atom is -0.456 e. The zero-order valence-corrected chi connectivity index (χ0v) is 17.8. The Kier molecular flexibility index (Phi) is 7.92. The molecule has 0 saturated carbocycles. The Hall–Kier alpha value is -2.26. The van der Waals surface area contributed by atoms with Gasteiger partial charge in [0.25, 0.3) is 5.91 Å². The molecule has 1 aliphatic rings. The largest absolute Gasteiger partial charge is 0.456 e. The van der Waals surface area contributed by atoms with Crippen LogP contribution in [0.4, 0.5) is 5.69 Å². The van der Waals surface area contributed by atoms with Crippen LogP contribution in [0.25, 0.3) is 0 Å². The monoisotopic (exact) mass is 424 g/mol. The standard InChI is InChI=1S/C20H28N2O6S/c1-14-10-15(2)12-22(11-14)29(26,27)18-7-5-17(6-8-18)21-19(24)13-28-20(25)9-4-16(3)23/h5-8,14-15H,4,9-13H2,1-3H3,(H,21,24)/t14-,15-/m0/s1. The highest BCUT2D eigenvalue weighted by atomic mass is 32.2. The number of Topliss-reactive ketones (excluding diaryl/α,β-unsaturated/α-hetero) is 1. The zero-order valence-electron chi connectivity index (χ0n) is 17.0. The molecule has 0 unspecified atom stereocenters. The molecule has 0 radical (unpaired) electrons. The molecule has 1 fully saturated rings. The highest BCUT2D eigenvalue weighted by Crippen LogP contribution is 2.27. The van der Waals surface area contributed by atoms with E-state index in [0.717, 1.165) is 6.42 Å². The van der Waals surface area contributed by atoms with Gasteiger partial charge in [0.15, 0.2) is 6.61 Å². The Bertz CT molecular complexity index is 840. The number of ether oxygens (including phenoxy) is 1. The molecule has 160 valence electrons. The lowest BCUT2D eigenvalue weighted by Gasteiger charge is -2.34. The molecule has 2 rings (SSSR count). The fraction of sp³-hybridized carbons (Fsp3) is 0.550. The third-order valence-electron chi connectivity index (χ3n) is 4.66. The van der Waals surface area contributed by atoms with Crippen molar-refractivity contribution in [3.05, 3.63) is 24.3 Å². The average Bonchev–Trinajstić information content (AvgIpc) is 2.64. The van der Waals surface area contributed by atoms with Gasteiger partial charge in [-0.1, -0.05) is 13.8 Å². The Balaban J connectivity index is 1.91. The molecule has 0 bridgehead atoms. The highest BCUT2D eigenvalue weighted by Gasteiger charge is 2.31. The fourth-order valence-corrected chi connectivity index (χ4v) is 5.03. The first-order chi connectivity index (χ1) is 13.6. The number of amides is 1. The van der Waals surface area contributed by atoms with Crippen molar-refractivity contribution in [1.82, 2.24) is 4.31 Å². The maximum Gasteiger partial charge on any atom is 0.306 e. The molecule has 1 aromatic rings. The molecule has 0 aliphatic carbocycles. The number of piperidine rings is 1. The van der Waals surface area contributed by atoms with Crippen LogP contribution in [0.2, 0.25) is 0 Å². The molecule has 1 N–H and O–H groups in total. The Morgan fingerprint density at radius 2 is 1.66 bits per heavy atom. The van der Waals surface area contributed by atoms with Gasteiger partial charge in [0.05, 0.1) is 11.3 Å². The summed E-state index contributed by atoms with van der Waals surface area (Å²) in [4.78, 5) is 34.3. The molecule has 8 nitrogen and oxygen atoms in total. The van der Waals surface area contributed by atoms with E-state index in [0.29, 0.717) is 30.6 Å². The second-order valence-electron chi connectivity index (χ2n) is 7.70. The lowest BCUT2D eigenvalue weighted by molar-refractivity contribution is -0.148. The van der Waals surface area contributed by atoms with Crippen LogP contribution in [0.1, 0.15) is 40.0 Å². The van der Waals surface area contributed by atoms with Gasteiger partial charge in [0, 0.05) is 25.2 Å². The quantitative estimate of drug-likeness (QED) is 0.641. The SMILES string of the molecule is CC(=O)CCC(=O)OCC(=O)Nc1ccc(S(=O)(=O)N2C[C@@H](C)C[C@H](C)C2)cc1. The van der Waals surface area contributed by atoms with Crippen molar-refractivity contribution in [2.45, 2.75) is 44.9 Å². The van der Waals surface area contributed by atoms with Gasteiger partial charge in [-0.3, -0.25) is 9.59 Å². The molecular weight excluding hydrogens is 396 g/mol. The summed E-state index contributed by atoms with van der Waals surface area (Å²) in [5.41, 5.74) is 0.397. The Labute approximate surface area is 171 Å². The van der Waals surface area contributed by atoms with Gasteiger partial charge in [-0.25, -0.2) is 8.42 Å². The second kappa shape index (κ2) is 9.98. The van der Waals surface area contributed by atoms with E-state index in [1.54, 1.807) is 0 Å². The van der Waals surface area contributed by atoms with Crippen LogP contribution < -0.4 is 5.32 Å². The van der Waals surface area contributed by atoms with Gasteiger partial charge in [0.2, 0.25) is 10.0 Å². The molecule has 1 aliphatic heterocycles. The van der Waals surface area contributed by atoms with Crippen molar-refractivity contribution < 1.29 is 27.5 Å². The number of nitrogens with one attached hydrogen (secondary N) is 1. The smallest absolute Gasteiger partial charge is 0.306 e. The van der Waals surface area contributed by atoms with E-state index in [-0.39, 0.29) is 23.5 Å². The van der Waals surface area contributed by atoms with Crippen LogP contribution in [-0.4, -0.2) is 50.1 Å². The number of anilines is 1. The van der Waals surface area contributed by atoms with Crippen LogP contribution in [-0.2, 0) is 29.1 Å². The van der Waals surface area contributed by atoms with E-state index in [4.69, 9.17) is 4.74 Å². The van der Waals surface area contributed by atoms with E-state index < -0.39 is 28.5 Å². The van der Waals surface area contributed by atoms with Crippen molar-refractivity contribution in [2.75, 3.05) is 25.0 Å². The molecule has 29 heavy (non-hydrogen) atoms. The van der Waals surface area contributed by atoms with Crippen molar-refractivity contribution in [3.63, 3.8) is 0 Å². The van der Waals surface area contributed by atoms with Gasteiger partial charge in [-0.15, -0.1) is 0 Å². The van der Waals surface area contributed by atoms with Crippen LogP contribution in [0, 0.1) is 11.8 Å². The number of hydrogen-bond acceptors (Lipinski definition) is 6. The Morgan fingerprint density at radius 1 is 1.07 bits per heavy atom. The van der Waals surface area contributed by atoms with Gasteiger partial charge >= 0.3 is 5.97 Å². The molecule has 0 spiro atoms. The summed E-state index contributed by atoms with van der Waals surface area (Å²) in [5.74, 6) is -0.678. The number of nitrogens with zero attached hydrogens (tertiary/aromatic N) is 1. The minimum absolute atomic E-state index is 0.0666. The van der Waals surface area contributed by atoms with Crippen molar-refractivity contribution >= 4 is 33.4 Å². The number of hydrogen-bond donors (Lipinski definition) is 1. The summed E-state index contributed by atoms with van der Waals surface area (Å²) < 4.78 is 32.0. The fourth-order valence-electron chi connectivity index (χ4n) is 3.35. The molecule has 1 heterocycles. The van der Waals surface area contributed by atoms with Crippen molar-refractivity contribution in [1.29, 1.82) is 0 Å². The molecule has 2 atom stereocenters. The van der Waals surface area contributed by atoms with Crippen molar-refractivity contribution in [2.24, 2.45) is 11.8 Å². The number of sulfonamides is 1. The average molecular weight is 425 g/mol. The van der Waals surface area contributed by atoms with Gasteiger partial charge in [0.1, 0.15) is 5.78 Å². The van der Waals surface area contributed by atoms with Gasteiger partial charge in [-0.2, -0.15) is 4.31 Å². The van der Waals surface area contributed by atoms with E-state index in [1.807, 2.05) is 13.8 Å². The van der Waals surface area contributed by atoms with E-state index >= 15 is 0 Å². The summed E-state index contributed by atoms with van der Waals surface area (Å²) in [7, 11) is -3.58. The number of carbonyl (C=O) groups excluding carboxylic acids is 3. The van der Waals surface area contributed by atoms with Crippen LogP contribution in [0.15, 0.2) is 29.2 Å². The summed E-state index contributed by atoms with van der Waals surface area (Å²) in [6, 6.07) is 5.90. The molecular formula is C20H28N2O6S. The second-order valence-corrected chi connectivity index (χ2v) is 9.64. The maximum atomic E-state index is 12.9. The number of rotatable bonds is 8. The first-order valence-corrected chi connectivity index (χ1v) is 11.1. The highest BCUT2D eigenvalue weighted by molar-refractivity contribution is 7.89. The first-order valence-electron chi connectivity index (χ1n) is 9.63.